The predicted molar refractivity (Wildman–Crippen MR) is 56.9 cm³/mol. The number of carboxylic acids is 1. The van der Waals surface area contributed by atoms with E-state index < -0.39 is 5.97 Å². The molecule has 1 rings (SSSR count). The molecule has 88 valence electrons. The molecule has 0 aliphatic carbocycles. The van der Waals surface area contributed by atoms with E-state index in [1.165, 1.54) is 10.9 Å². The van der Waals surface area contributed by atoms with Crippen molar-refractivity contribution >= 4 is 17.6 Å². The molecular weight excluding hydrogens is 212 g/mol. The Hall–Kier alpha value is -2.05. The van der Waals surface area contributed by atoms with Gasteiger partial charge in [0.25, 0.3) is 0 Å². The number of rotatable bonds is 5. The summed E-state index contributed by atoms with van der Waals surface area (Å²) < 4.78 is 1.21. The summed E-state index contributed by atoms with van der Waals surface area (Å²) in [5, 5.41) is 15.0. The topological polar surface area (TPSA) is 110 Å². The molecule has 0 aliphatic heterocycles. The Morgan fingerprint density at radius 3 is 2.81 bits per heavy atom. The van der Waals surface area contributed by atoms with Gasteiger partial charge >= 0.3 is 5.97 Å². The van der Waals surface area contributed by atoms with Crippen molar-refractivity contribution in [1.82, 2.24) is 15.1 Å². The standard InChI is InChI=1S/C9H14N4O3/c1-2-3-11-7(14)5-13-4-6(10)8(12-13)9(15)16/h4H,2-3,5,10H2,1H3,(H,11,14)(H,15,16). The maximum absolute atomic E-state index is 11.3. The third-order valence-electron chi connectivity index (χ3n) is 1.87. The van der Waals surface area contributed by atoms with Gasteiger partial charge in [0, 0.05) is 12.7 Å². The highest BCUT2D eigenvalue weighted by atomic mass is 16.4. The predicted octanol–water partition coefficient (Wildman–Crippen LogP) is -0.310. The molecule has 0 radical (unpaired) electrons. The highest BCUT2D eigenvalue weighted by molar-refractivity contribution is 5.91. The average molecular weight is 226 g/mol. The van der Waals surface area contributed by atoms with Gasteiger partial charge in [-0.1, -0.05) is 6.92 Å². The number of amides is 1. The van der Waals surface area contributed by atoms with Crippen LogP contribution in [0.3, 0.4) is 0 Å². The highest BCUT2D eigenvalue weighted by Crippen LogP contribution is 2.08. The molecule has 1 amide bonds. The minimum absolute atomic E-state index is 0.0303. The number of nitrogens with two attached hydrogens (primary N) is 1. The molecule has 4 N–H and O–H groups in total. The third-order valence-corrected chi connectivity index (χ3v) is 1.87. The van der Waals surface area contributed by atoms with Gasteiger partial charge in [0.15, 0.2) is 5.69 Å². The second-order valence-electron chi connectivity index (χ2n) is 3.29. The molecule has 7 nitrogen and oxygen atoms in total. The summed E-state index contributed by atoms with van der Waals surface area (Å²) in [6.45, 7) is 2.49. The van der Waals surface area contributed by atoms with Gasteiger partial charge in [0.2, 0.25) is 5.91 Å². The minimum Gasteiger partial charge on any atom is -0.476 e. The van der Waals surface area contributed by atoms with Crippen LogP contribution in [0, 0.1) is 0 Å². The van der Waals surface area contributed by atoms with E-state index in [2.05, 4.69) is 10.4 Å². The maximum Gasteiger partial charge on any atom is 0.358 e. The normalized spacial score (nSPS) is 10.1. The lowest BCUT2D eigenvalue weighted by Gasteiger charge is -2.02. The van der Waals surface area contributed by atoms with Crippen LogP contribution in [0.25, 0.3) is 0 Å². The molecule has 0 atom stereocenters. The van der Waals surface area contributed by atoms with Crippen LogP contribution in [-0.4, -0.2) is 33.3 Å². The van der Waals surface area contributed by atoms with Gasteiger partial charge in [-0.3, -0.25) is 9.48 Å². The molecule has 1 aromatic heterocycles. The monoisotopic (exact) mass is 226 g/mol. The van der Waals surface area contributed by atoms with Crippen molar-refractivity contribution in [3.8, 4) is 0 Å². The lowest BCUT2D eigenvalue weighted by molar-refractivity contribution is -0.121. The molecule has 1 heterocycles. The summed E-state index contributed by atoms with van der Waals surface area (Å²) in [5.74, 6) is -1.42. The van der Waals surface area contributed by atoms with E-state index in [-0.39, 0.29) is 23.8 Å². The quantitative estimate of drug-likeness (QED) is 0.637. The Morgan fingerprint density at radius 1 is 1.62 bits per heavy atom. The first-order chi connectivity index (χ1) is 7.54. The summed E-state index contributed by atoms with van der Waals surface area (Å²) in [6, 6.07) is 0. The Balaban J connectivity index is 2.64. The molecule has 0 bridgehead atoms. The van der Waals surface area contributed by atoms with E-state index in [1.807, 2.05) is 6.92 Å². The lowest BCUT2D eigenvalue weighted by atomic mass is 10.4. The average Bonchev–Trinajstić information content (AvgIpc) is 2.56. The number of aromatic carboxylic acids is 1. The number of nitrogens with zero attached hydrogens (tertiary/aromatic N) is 2. The molecular formula is C9H14N4O3. The number of carbonyl (C=O) groups is 2. The second kappa shape index (κ2) is 5.15. The third kappa shape index (κ3) is 2.97. The second-order valence-corrected chi connectivity index (χ2v) is 3.29. The zero-order chi connectivity index (χ0) is 12.1. The number of aromatic nitrogens is 2. The lowest BCUT2D eigenvalue weighted by Crippen LogP contribution is -2.28. The van der Waals surface area contributed by atoms with Crippen LogP contribution in [0.2, 0.25) is 0 Å². The molecule has 0 saturated heterocycles. The fraction of sp³-hybridized carbons (Fsp3) is 0.444. The Morgan fingerprint density at radius 2 is 2.31 bits per heavy atom. The first kappa shape index (κ1) is 12.0. The van der Waals surface area contributed by atoms with Crippen molar-refractivity contribution < 1.29 is 14.7 Å². The van der Waals surface area contributed by atoms with Crippen molar-refractivity contribution in [2.75, 3.05) is 12.3 Å². The van der Waals surface area contributed by atoms with Crippen LogP contribution in [0.1, 0.15) is 23.8 Å². The number of hydrogen-bond acceptors (Lipinski definition) is 4. The first-order valence-electron chi connectivity index (χ1n) is 4.87. The maximum atomic E-state index is 11.3. The van der Waals surface area contributed by atoms with Crippen molar-refractivity contribution in [3.05, 3.63) is 11.9 Å². The zero-order valence-electron chi connectivity index (χ0n) is 8.93. The van der Waals surface area contributed by atoms with Gasteiger partial charge < -0.3 is 16.2 Å². The first-order valence-corrected chi connectivity index (χ1v) is 4.87. The van der Waals surface area contributed by atoms with Gasteiger partial charge in [0.1, 0.15) is 6.54 Å². The van der Waals surface area contributed by atoms with Crippen LogP contribution in [0.15, 0.2) is 6.20 Å². The Bertz CT molecular complexity index is 399. The van der Waals surface area contributed by atoms with Gasteiger partial charge in [0.05, 0.1) is 5.69 Å². The van der Waals surface area contributed by atoms with Crippen molar-refractivity contribution in [3.63, 3.8) is 0 Å². The molecule has 7 heteroatoms. The van der Waals surface area contributed by atoms with E-state index in [1.54, 1.807) is 0 Å². The number of nitrogen functional groups attached to an aromatic ring is 1. The van der Waals surface area contributed by atoms with E-state index in [0.29, 0.717) is 6.54 Å². The highest BCUT2D eigenvalue weighted by Gasteiger charge is 2.14. The minimum atomic E-state index is -1.20. The molecule has 16 heavy (non-hydrogen) atoms. The Kier molecular flexibility index (Phi) is 3.87. The van der Waals surface area contributed by atoms with Crippen molar-refractivity contribution in [1.29, 1.82) is 0 Å². The largest absolute Gasteiger partial charge is 0.476 e. The number of carbonyl (C=O) groups excluding carboxylic acids is 1. The van der Waals surface area contributed by atoms with E-state index in [0.717, 1.165) is 6.42 Å². The van der Waals surface area contributed by atoms with Gasteiger partial charge in [-0.2, -0.15) is 5.10 Å². The smallest absolute Gasteiger partial charge is 0.358 e. The summed E-state index contributed by atoms with van der Waals surface area (Å²) >= 11 is 0. The van der Waals surface area contributed by atoms with E-state index in [9.17, 15) is 9.59 Å². The molecule has 1 aromatic rings. The van der Waals surface area contributed by atoms with E-state index >= 15 is 0 Å². The Labute approximate surface area is 92.2 Å². The van der Waals surface area contributed by atoms with Gasteiger partial charge in [-0.05, 0) is 6.42 Å². The van der Waals surface area contributed by atoms with Gasteiger partial charge in [-0.25, -0.2) is 4.79 Å². The number of hydrogen-bond donors (Lipinski definition) is 3. The van der Waals surface area contributed by atoms with E-state index in [4.69, 9.17) is 10.8 Å². The number of anilines is 1. The molecule has 0 spiro atoms. The molecule has 0 saturated carbocycles. The zero-order valence-corrected chi connectivity index (χ0v) is 8.93. The number of nitrogens with one attached hydrogen (secondary N) is 1. The SMILES string of the molecule is CCCNC(=O)Cn1cc(N)c(C(=O)O)n1. The van der Waals surface area contributed by atoms with Crippen LogP contribution >= 0.6 is 0 Å². The number of carboxylic acid groups (broad SMARTS) is 1. The fourth-order valence-corrected chi connectivity index (χ4v) is 1.15. The summed E-state index contributed by atoms with van der Waals surface area (Å²) in [5.41, 5.74) is 5.24. The molecule has 0 aromatic carbocycles. The van der Waals surface area contributed by atoms with Crippen LogP contribution in [0.5, 0.6) is 0 Å². The summed E-state index contributed by atoms with van der Waals surface area (Å²) in [7, 11) is 0. The van der Waals surface area contributed by atoms with Crippen molar-refractivity contribution in [2.45, 2.75) is 19.9 Å². The van der Waals surface area contributed by atoms with Crippen LogP contribution < -0.4 is 11.1 Å². The molecule has 0 unspecified atom stereocenters. The summed E-state index contributed by atoms with van der Waals surface area (Å²) in [4.78, 5) is 21.9. The van der Waals surface area contributed by atoms with Crippen LogP contribution in [-0.2, 0) is 11.3 Å². The van der Waals surface area contributed by atoms with Crippen molar-refractivity contribution in [2.24, 2.45) is 0 Å². The summed E-state index contributed by atoms with van der Waals surface area (Å²) in [6.07, 6.45) is 2.17. The molecule has 0 fully saturated rings. The van der Waals surface area contributed by atoms with Gasteiger partial charge in [-0.15, -0.1) is 0 Å². The van der Waals surface area contributed by atoms with Crippen LogP contribution in [0.4, 0.5) is 5.69 Å². The molecule has 0 aliphatic rings. The fourth-order valence-electron chi connectivity index (χ4n) is 1.15.